The Balaban J connectivity index is 1.66. The lowest BCUT2D eigenvalue weighted by atomic mass is 9.95. The van der Waals surface area contributed by atoms with Gasteiger partial charge in [0.1, 0.15) is 5.69 Å². The van der Waals surface area contributed by atoms with E-state index in [-0.39, 0.29) is 24.6 Å². The van der Waals surface area contributed by atoms with Crippen LogP contribution in [0.3, 0.4) is 0 Å². The highest BCUT2D eigenvalue weighted by Crippen LogP contribution is 2.54. The summed E-state index contributed by atoms with van der Waals surface area (Å²) in [6, 6.07) is 6.29. The fourth-order valence-corrected chi connectivity index (χ4v) is 3.82. The summed E-state index contributed by atoms with van der Waals surface area (Å²) in [4.78, 5) is 15.1. The number of carboxylic acid groups (broad SMARTS) is 1. The van der Waals surface area contributed by atoms with E-state index in [0.29, 0.717) is 15.9 Å². The summed E-state index contributed by atoms with van der Waals surface area (Å²) < 4.78 is 32.8. The Morgan fingerprint density at radius 1 is 1.31 bits per heavy atom. The molecule has 152 valence electrons. The molecular formula is C18H14Cl2F2N4O3. The van der Waals surface area contributed by atoms with E-state index in [4.69, 9.17) is 32.8 Å². The zero-order valence-electron chi connectivity index (χ0n) is 14.8. The summed E-state index contributed by atoms with van der Waals surface area (Å²) in [6.45, 7) is -0.194. The maximum Gasteiger partial charge on any atom is 0.305 e. The molecule has 2 heterocycles. The molecule has 0 atom stereocenters. The van der Waals surface area contributed by atoms with E-state index in [0.717, 1.165) is 29.2 Å². The number of aryl methyl sites for hydroxylation is 1. The number of nitrogens with zero attached hydrogens (tertiary/aromatic N) is 4. The predicted octanol–water partition coefficient (Wildman–Crippen LogP) is 4.73. The highest BCUT2D eigenvalue weighted by molar-refractivity contribution is 6.35. The van der Waals surface area contributed by atoms with Crippen LogP contribution in [0.5, 0.6) is 0 Å². The third-order valence-electron chi connectivity index (χ3n) is 4.84. The Kier molecular flexibility index (Phi) is 5.04. The molecule has 1 saturated carbocycles. The third-order valence-corrected chi connectivity index (χ3v) is 5.39. The van der Waals surface area contributed by atoms with Gasteiger partial charge in [0.25, 0.3) is 12.3 Å². The Morgan fingerprint density at radius 3 is 2.69 bits per heavy atom. The van der Waals surface area contributed by atoms with Crippen LogP contribution in [0, 0.1) is 0 Å². The first-order chi connectivity index (χ1) is 13.8. The van der Waals surface area contributed by atoms with Gasteiger partial charge in [0, 0.05) is 10.0 Å². The summed E-state index contributed by atoms with van der Waals surface area (Å²) in [5.41, 5.74) is -0.0533. The fourth-order valence-electron chi connectivity index (χ4n) is 3.23. The van der Waals surface area contributed by atoms with Gasteiger partial charge in [0.05, 0.1) is 18.4 Å². The minimum absolute atomic E-state index is 0.0210. The van der Waals surface area contributed by atoms with Crippen molar-refractivity contribution < 1.29 is 23.2 Å². The summed E-state index contributed by atoms with van der Waals surface area (Å²) in [5, 5.41) is 17.8. The molecule has 0 bridgehead atoms. The van der Waals surface area contributed by atoms with Gasteiger partial charge in [-0.25, -0.2) is 8.78 Å². The molecule has 11 heteroatoms. The average molecular weight is 443 g/mol. The van der Waals surface area contributed by atoms with Gasteiger partial charge in [-0.05, 0) is 36.6 Å². The minimum Gasteiger partial charge on any atom is -0.481 e. The van der Waals surface area contributed by atoms with Crippen LogP contribution >= 0.6 is 23.2 Å². The van der Waals surface area contributed by atoms with Crippen molar-refractivity contribution in [1.82, 2.24) is 19.9 Å². The molecule has 4 rings (SSSR count). The summed E-state index contributed by atoms with van der Waals surface area (Å²) in [7, 11) is 0. The van der Waals surface area contributed by atoms with Crippen LogP contribution in [0.25, 0.3) is 11.6 Å². The largest absolute Gasteiger partial charge is 0.481 e. The lowest BCUT2D eigenvalue weighted by Gasteiger charge is -2.13. The normalized spacial score (nSPS) is 15.1. The third kappa shape index (κ3) is 3.72. The van der Waals surface area contributed by atoms with Gasteiger partial charge in [0.15, 0.2) is 11.5 Å². The number of benzene rings is 1. The van der Waals surface area contributed by atoms with Crippen LogP contribution < -0.4 is 0 Å². The molecule has 0 aliphatic heterocycles. The van der Waals surface area contributed by atoms with E-state index in [1.54, 1.807) is 12.1 Å². The highest BCUT2D eigenvalue weighted by Gasteiger charge is 2.51. The standard InChI is InChI=1S/C18H14Cl2F2N4O3/c19-9-1-2-10(11(20)7-9)18(4-5-18)17-23-16(29-25-17)12-8-13(15(21)22)26(24-12)6-3-14(27)28/h1-2,7-8,15H,3-6H2,(H,27,28). The van der Waals surface area contributed by atoms with Gasteiger partial charge >= 0.3 is 5.97 Å². The van der Waals surface area contributed by atoms with E-state index >= 15 is 0 Å². The van der Waals surface area contributed by atoms with Gasteiger partial charge in [-0.1, -0.05) is 34.4 Å². The SMILES string of the molecule is O=C(O)CCn1nc(-c2nc(C3(c4ccc(Cl)cc4Cl)CC3)no2)cc1C(F)F. The Labute approximate surface area is 173 Å². The zero-order valence-corrected chi connectivity index (χ0v) is 16.3. The van der Waals surface area contributed by atoms with Gasteiger partial charge in [-0.15, -0.1) is 0 Å². The van der Waals surface area contributed by atoms with E-state index in [1.165, 1.54) is 0 Å². The van der Waals surface area contributed by atoms with E-state index in [1.807, 2.05) is 6.07 Å². The van der Waals surface area contributed by atoms with Crippen LogP contribution in [0.1, 0.15) is 42.8 Å². The maximum absolute atomic E-state index is 13.3. The lowest BCUT2D eigenvalue weighted by Crippen LogP contribution is -2.11. The molecule has 7 nitrogen and oxygen atoms in total. The molecule has 1 aliphatic carbocycles. The lowest BCUT2D eigenvalue weighted by molar-refractivity contribution is -0.137. The smallest absolute Gasteiger partial charge is 0.305 e. The molecule has 29 heavy (non-hydrogen) atoms. The van der Waals surface area contributed by atoms with Crippen LogP contribution in [-0.2, 0) is 16.8 Å². The summed E-state index contributed by atoms with van der Waals surface area (Å²) >= 11 is 12.3. The molecule has 1 aliphatic rings. The molecule has 0 spiro atoms. The van der Waals surface area contributed by atoms with Gasteiger partial charge < -0.3 is 9.63 Å². The highest BCUT2D eigenvalue weighted by atomic mass is 35.5. The zero-order chi connectivity index (χ0) is 20.8. The Bertz CT molecular complexity index is 1080. The molecule has 1 fully saturated rings. The van der Waals surface area contributed by atoms with Gasteiger partial charge in [-0.2, -0.15) is 10.1 Å². The molecule has 2 aromatic heterocycles. The fraction of sp³-hybridized carbons (Fsp3) is 0.333. The molecule has 1 N–H and O–H groups in total. The Hall–Kier alpha value is -2.52. The number of carboxylic acids is 1. The van der Waals surface area contributed by atoms with Crippen LogP contribution in [0.4, 0.5) is 8.78 Å². The first kappa shape index (κ1) is 19.8. The van der Waals surface area contributed by atoms with Crippen molar-refractivity contribution in [2.75, 3.05) is 0 Å². The predicted molar refractivity (Wildman–Crippen MR) is 99.2 cm³/mol. The van der Waals surface area contributed by atoms with E-state index in [2.05, 4.69) is 15.2 Å². The van der Waals surface area contributed by atoms with Crippen molar-refractivity contribution in [2.45, 2.75) is 37.6 Å². The monoisotopic (exact) mass is 442 g/mol. The van der Waals surface area contributed by atoms with Crippen molar-refractivity contribution >= 4 is 29.2 Å². The molecule has 0 radical (unpaired) electrons. The van der Waals surface area contributed by atoms with Crippen molar-refractivity contribution in [2.24, 2.45) is 0 Å². The number of aliphatic carboxylic acids is 1. The van der Waals surface area contributed by atoms with E-state index < -0.39 is 23.5 Å². The quantitative estimate of drug-likeness (QED) is 0.568. The van der Waals surface area contributed by atoms with E-state index in [9.17, 15) is 13.6 Å². The van der Waals surface area contributed by atoms with Crippen molar-refractivity contribution in [3.8, 4) is 11.6 Å². The average Bonchev–Trinajstić information content (AvgIpc) is 3.12. The molecule has 0 unspecified atom stereocenters. The first-order valence-corrected chi connectivity index (χ1v) is 9.43. The number of hydrogen-bond donors (Lipinski definition) is 1. The molecule has 0 amide bonds. The molecular weight excluding hydrogens is 429 g/mol. The summed E-state index contributed by atoms with van der Waals surface area (Å²) in [6.07, 6.45) is -1.66. The van der Waals surface area contributed by atoms with Crippen LogP contribution in [0.15, 0.2) is 28.8 Å². The number of carbonyl (C=O) groups is 1. The van der Waals surface area contributed by atoms with Crippen LogP contribution in [0.2, 0.25) is 10.0 Å². The van der Waals surface area contributed by atoms with Gasteiger partial charge in [-0.3, -0.25) is 9.48 Å². The second kappa shape index (κ2) is 7.38. The number of aromatic nitrogens is 4. The molecule has 0 saturated heterocycles. The number of halogens is 4. The van der Waals surface area contributed by atoms with Crippen molar-refractivity contribution in [3.05, 3.63) is 51.4 Å². The maximum atomic E-state index is 13.3. The second-order valence-electron chi connectivity index (χ2n) is 6.75. The number of rotatable bonds is 7. The van der Waals surface area contributed by atoms with Crippen molar-refractivity contribution in [1.29, 1.82) is 0 Å². The molecule has 3 aromatic rings. The second-order valence-corrected chi connectivity index (χ2v) is 7.60. The van der Waals surface area contributed by atoms with Crippen molar-refractivity contribution in [3.63, 3.8) is 0 Å². The van der Waals surface area contributed by atoms with Gasteiger partial charge in [0.2, 0.25) is 0 Å². The molecule has 1 aromatic carbocycles. The topological polar surface area (TPSA) is 94.0 Å². The number of hydrogen-bond acceptors (Lipinski definition) is 5. The van der Waals surface area contributed by atoms with Crippen LogP contribution in [-0.4, -0.2) is 31.0 Å². The Morgan fingerprint density at radius 2 is 2.07 bits per heavy atom. The summed E-state index contributed by atoms with van der Waals surface area (Å²) in [5.74, 6) is -0.749. The first-order valence-electron chi connectivity index (χ1n) is 8.68. The minimum atomic E-state index is -2.82. The number of alkyl halides is 2.